The number of nitrogens with one attached hydrogen (secondary N) is 5. The van der Waals surface area contributed by atoms with E-state index >= 15 is 0 Å². The van der Waals surface area contributed by atoms with Crippen molar-refractivity contribution in [1.82, 2.24) is 26.6 Å². The lowest BCUT2D eigenvalue weighted by molar-refractivity contribution is -0.411. The van der Waals surface area contributed by atoms with Crippen LogP contribution in [-0.2, 0) is 128 Å². The molecule has 11 fully saturated rings. The van der Waals surface area contributed by atoms with E-state index in [0.29, 0.717) is 0 Å². The minimum Gasteiger partial charge on any atom is -0.394 e. The Hall–Kier alpha value is -4.81. The Morgan fingerprint density at radius 2 is 0.527 bits per heavy atom. The second kappa shape index (κ2) is 53.6. The summed E-state index contributed by atoms with van der Waals surface area (Å²) in [5.41, 5.74) is 0. The highest BCUT2D eigenvalue weighted by atomic mass is 16.8. The van der Waals surface area contributed by atoms with E-state index in [-0.39, 0.29) is 0 Å². The molecule has 0 aliphatic carbocycles. The molecule has 59 atom stereocenters. The van der Waals surface area contributed by atoms with Gasteiger partial charge in [-0.15, -0.1) is 0 Å². The lowest BCUT2D eigenvalue weighted by atomic mass is 9.93. The van der Waals surface area contributed by atoms with Crippen molar-refractivity contribution in [2.45, 2.75) is 410 Å². The first kappa shape index (κ1) is 121. The van der Waals surface area contributed by atoms with Crippen molar-refractivity contribution in [3.05, 3.63) is 0 Å². The van der Waals surface area contributed by atoms with Crippen LogP contribution >= 0.6 is 0 Å². The summed E-state index contributed by atoms with van der Waals surface area (Å²) in [6.45, 7) is -7.21. The van der Waals surface area contributed by atoms with Gasteiger partial charge in [-0.25, -0.2) is 0 Å². The minimum atomic E-state index is -2.91. The molecule has 11 rings (SSSR count). The smallest absolute Gasteiger partial charge is 0.217 e. The van der Waals surface area contributed by atoms with E-state index in [1.165, 1.54) is 13.8 Å². The van der Waals surface area contributed by atoms with Crippen LogP contribution in [0.15, 0.2) is 0 Å². The van der Waals surface area contributed by atoms with Crippen molar-refractivity contribution < 1.29 is 292 Å². The molecule has 5 amide bonds. The third-order valence-electron chi connectivity index (χ3n) is 26.7. The Bertz CT molecular complexity index is 4030. The molecule has 64 heteroatoms. The predicted molar refractivity (Wildman–Crippen MR) is 452 cm³/mol. The number of aliphatic hydroxyl groups excluding tert-OH is 32. The monoisotopic (exact) mass is 2140 g/mol. The summed E-state index contributed by atoms with van der Waals surface area (Å²) >= 11 is 0. The molecule has 0 aromatic heterocycles. The van der Waals surface area contributed by atoms with Crippen molar-refractivity contribution in [1.29, 1.82) is 0 Å². The summed E-state index contributed by atoms with van der Waals surface area (Å²) in [5, 5.41) is 375. The van der Waals surface area contributed by atoms with Gasteiger partial charge in [-0.05, 0) is 13.8 Å². The van der Waals surface area contributed by atoms with E-state index in [0.717, 1.165) is 34.6 Å². The van der Waals surface area contributed by atoms with Crippen LogP contribution in [0.1, 0.15) is 48.5 Å². The number of carbonyl (C=O) groups excluding carboxylic acids is 5. The van der Waals surface area contributed by atoms with Gasteiger partial charge >= 0.3 is 0 Å². The summed E-state index contributed by atoms with van der Waals surface area (Å²) in [7, 11) is 0. The zero-order valence-electron chi connectivity index (χ0n) is 79.2. The number of ether oxygens (including phenoxy) is 22. The molecule has 0 saturated carbocycles. The molecule has 11 saturated heterocycles. The molecule has 11 aliphatic heterocycles. The van der Waals surface area contributed by atoms with Crippen LogP contribution in [0, 0.1) is 0 Å². The van der Waals surface area contributed by atoms with Crippen LogP contribution in [0.5, 0.6) is 0 Å². The van der Waals surface area contributed by atoms with Gasteiger partial charge in [0, 0.05) is 34.6 Å². The molecular weight excluding hydrogens is 2000 g/mol. The highest BCUT2D eigenvalue weighted by Gasteiger charge is 2.65. The average Bonchev–Trinajstić information content (AvgIpc) is 0.758. The standard InChI is InChI=1S/C82H139N5O59/c1-19-41(104)51(114)57(120)76(126-19)142-67-39(86-24(6)101)74(134-34(16-96)64(67)140-78-59(122)53(116)45(108)29(11-91)129-78)145-70-55(118)47(110)31(13-93)131-81(70)125-18-36-66(139-72-37(84-22(4)99)49(112)44(107)28(10-90)128-72)69(61(124)80(136-36)138-63-33(15-95)133-73(38(50(63)113)85-23(5)100)137-62(27(103)9-89)43(106)26(8-88)83-21(3)98)144-82-71(56(119)48(111)32(14-94)132-82)146-75-40(87-25(7)102)68(143-77-58(121)52(115)42(105)20(2)127-77)65(35(17-97)135-75)141-79-60(123)54(117)46(109)30(12-92)130-79/h19-20,26-82,88-97,103-124H,8-18H2,1-7H3,(H,83,98)(H,84,99)(H,85,100)(H,86,101)(H,87,102)/t19-,20-,26-,27+,28+,29+,30+,31+,32+,33+,34+,35+,36+,37+,38+,39+,40+,41+,42+,43+,44+,45-,46-,47+,48+,49+,50+,51+,52+,53-,54-,55-,56-,57-,58-,59+,60+,61-,62+,63+,64+,65+,66+,67+,68+,69+,70-,71-,72-,73-,74-,75-,76-,77-,78-,79-,80-,81-,82+/m0/s1. The molecule has 0 unspecified atom stereocenters. The van der Waals surface area contributed by atoms with E-state index in [1.54, 1.807) is 0 Å². The maximum atomic E-state index is 13.9. The van der Waals surface area contributed by atoms with Gasteiger partial charge in [-0.2, -0.15) is 0 Å². The van der Waals surface area contributed by atoms with Crippen molar-refractivity contribution in [3.63, 3.8) is 0 Å². The molecule has 11 heterocycles. The van der Waals surface area contributed by atoms with Gasteiger partial charge in [-0.1, -0.05) is 0 Å². The Balaban J connectivity index is 1.07. The molecular formula is C82H139N5O59. The topological polar surface area (TPSA) is 996 Å². The van der Waals surface area contributed by atoms with Gasteiger partial charge in [0.15, 0.2) is 69.2 Å². The van der Waals surface area contributed by atoms with E-state index in [4.69, 9.17) is 104 Å². The zero-order chi connectivity index (χ0) is 108. The molecule has 37 N–H and O–H groups in total. The molecule has 846 valence electrons. The van der Waals surface area contributed by atoms with Crippen LogP contribution in [0.25, 0.3) is 0 Å². The number of amides is 5. The number of hydrogen-bond acceptors (Lipinski definition) is 59. The Kier molecular flexibility index (Phi) is 44.5. The molecule has 0 aromatic rings. The van der Waals surface area contributed by atoms with E-state index in [1.807, 2.05) is 0 Å². The second-order valence-corrected chi connectivity index (χ2v) is 37.1. The third kappa shape index (κ3) is 27.3. The molecule has 0 radical (unpaired) electrons. The number of hydrogen-bond donors (Lipinski definition) is 37. The van der Waals surface area contributed by atoms with Gasteiger partial charge in [0.2, 0.25) is 29.5 Å². The van der Waals surface area contributed by atoms with Crippen molar-refractivity contribution in [2.24, 2.45) is 0 Å². The van der Waals surface area contributed by atoms with Gasteiger partial charge in [0.05, 0.1) is 90.9 Å². The average molecular weight is 2140 g/mol. The highest BCUT2D eigenvalue weighted by Crippen LogP contribution is 2.44. The second-order valence-electron chi connectivity index (χ2n) is 37.1. The maximum absolute atomic E-state index is 13.9. The summed E-state index contributed by atoms with van der Waals surface area (Å²) in [6, 6.07) is -10.4. The van der Waals surface area contributed by atoms with Crippen LogP contribution < -0.4 is 26.6 Å². The minimum absolute atomic E-state index is 0.852. The first-order valence-corrected chi connectivity index (χ1v) is 46.8. The van der Waals surface area contributed by atoms with Gasteiger partial charge in [-0.3, -0.25) is 24.0 Å². The summed E-state index contributed by atoms with van der Waals surface area (Å²) in [4.78, 5) is 66.7. The van der Waals surface area contributed by atoms with E-state index < -0.39 is 464 Å². The maximum Gasteiger partial charge on any atom is 0.217 e. The molecule has 0 spiro atoms. The first-order chi connectivity index (χ1) is 69.0. The van der Waals surface area contributed by atoms with Crippen molar-refractivity contribution in [3.8, 4) is 0 Å². The van der Waals surface area contributed by atoms with Gasteiger partial charge in [0.25, 0.3) is 0 Å². The molecule has 0 bridgehead atoms. The zero-order valence-corrected chi connectivity index (χ0v) is 79.2. The lowest BCUT2D eigenvalue weighted by Gasteiger charge is -2.53. The predicted octanol–water partition coefficient (Wildman–Crippen LogP) is -24.7. The highest BCUT2D eigenvalue weighted by molar-refractivity contribution is 5.75. The fraction of sp³-hybridized carbons (Fsp3) is 0.939. The third-order valence-corrected chi connectivity index (χ3v) is 26.7. The van der Waals surface area contributed by atoms with Crippen molar-refractivity contribution in [2.75, 3.05) is 72.7 Å². The normalized spacial score (nSPS) is 47.5. The molecule has 146 heavy (non-hydrogen) atoms. The summed E-state index contributed by atoms with van der Waals surface area (Å²) in [6.07, 6.45) is -122. The van der Waals surface area contributed by atoms with E-state index in [2.05, 4.69) is 26.6 Å². The number of aliphatic hydroxyl groups is 32. The Morgan fingerprint density at radius 3 is 0.925 bits per heavy atom. The summed E-state index contributed by atoms with van der Waals surface area (Å²) in [5.74, 6) is -5.23. The lowest BCUT2D eigenvalue weighted by Crippen LogP contribution is -2.72. The van der Waals surface area contributed by atoms with Crippen LogP contribution in [0.3, 0.4) is 0 Å². The first-order valence-electron chi connectivity index (χ1n) is 46.8. The largest absolute Gasteiger partial charge is 0.394 e. The van der Waals surface area contributed by atoms with Gasteiger partial charge in [0.1, 0.15) is 274 Å². The van der Waals surface area contributed by atoms with Gasteiger partial charge < -0.3 is 294 Å². The van der Waals surface area contributed by atoms with Crippen LogP contribution in [0.4, 0.5) is 0 Å². The Morgan fingerprint density at radius 1 is 0.247 bits per heavy atom. The van der Waals surface area contributed by atoms with Crippen molar-refractivity contribution >= 4 is 29.5 Å². The number of rotatable bonds is 41. The van der Waals surface area contributed by atoms with Crippen LogP contribution in [-0.4, -0.2) is 627 Å². The fourth-order valence-corrected chi connectivity index (χ4v) is 18.8. The van der Waals surface area contributed by atoms with Crippen LogP contribution in [0.2, 0.25) is 0 Å². The molecule has 11 aliphatic rings. The number of carbonyl (C=O) groups is 5. The SMILES string of the molecule is CC(=O)N[C@H]1[C@H](O[C@@H]([C@H](O)[C@H](CO)NC(C)=O)[C@H](O)CO)O[C@H](CO)[C@@H](O[C@@H]2O[C@H](CO[C@H]3O[C@H](CO)[C@@H](O)[C@H](O)[C@@H]3O[C@@H]3O[C@H](CO)[C@@H](O[C@@H]4O[C@H](CO)[C@H](O)[C@H](O)[C@H]4O)[C@H](O[C@@H]4O[C@@H](C)[C@@H](O)[C@@H](O)[C@@H]4O)[C@H]3NC(C)=O)[C@@H](O[C@@H]3O[C@H](CO)[C@@H](O)[C@H](O)[C@H]3NC(C)=O)[C@H](O[C@H]3O[C@H](CO)[C@@H](O)[C@H](O)[C@@H]3O[C@@H]3O[C@H](CO)[C@@H](O[C@@H]4O[C@H](CO)[C@H](O)[C@H](O)[C@H]4O)[C@H](O[C@@H]4O[C@@H](C)[C@@H](O)[C@@H](O)[C@@H]4O)[C@H]3NC(C)=O)[C@@H]2O)[C@@H]1O. The fourth-order valence-electron chi connectivity index (χ4n) is 18.8. The van der Waals surface area contributed by atoms with E-state index in [9.17, 15) is 187 Å². The molecule has 64 nitrogen and oxygen atoms in total. The molecule has 0 aromatic carbocycles. The quantitative estimate of drug-likeness (QED) is 0.0270. The Labute approximate surface area is 828 Å². The summed E-state index contributed by atoms with van der Waals surface area (Å²) < 4.78 is 137.